The molecule has 0 aliphatic heterocycles. The lowest BCUT2D eigenvalue weighted by Gasteiger charge is -2.00. The molecule has 0 aromatic rings. The highest BCUT2D eigenvalue weighted by atomic mass is 32.2. The first-order valence-corrected chi connectivity index (χ1v) is 7.91. The predicted octanol–water partition coefficient (Wildman–Crippen LogP) is 1.13. The van der Waals surface area contributed by atoms with Crippen LogP contribution in [0.5, 0.6) is 0 Å². The Hall–Kier alpha value is 0.650. The van der Waals surface area contributed by atoms with E-state index in [1.54, 1.807) is 23.5 Å². The molecule has 0 aromatic heterocycles. The van der Waals surface area contributed by atoms with E-state index in [1.807, 2.05) is 12.5 Å². The van der Waals surface area contributed by atoms with E-state index in [4.69, 9.17) is 0 Å². The molecule has 0 bridgehead atoms. The second-order valence-electron chi connectivity index (χ2n) is 2.14. The normalized spacial score (nSPS) is 11.8. The van der Waals surface area contributed by atoms with Crippen LogP contribution in [0.15, 0.2) is 0 Å². The van der Waals surface area contributed by atoms with Gasteiger partial charge in [0.25, 0.3) is 0 Å². The largest absolute Gasteiger partial charge is 0.229 e. The van der Waals surface area contributed by atoms with Crippen molar-refractivity contribution in [2.75, 3.05) is 35.5 Å². The molecule has 5 heteroatoms. The van der Waals surface area contributed by atoms with Gasteiger partial charge in [-0.05, 0) is 12.5 Å². The molecule has 0 heterocycles. The Morgan fingerprint density at radius 3 is 1.64 bits per heavy atom. The van der Waals surface area contributed by atoms with Crippen LogP contribution in [0.25, 0.3) is 0 Å². The van der Waals surface area contributed by atoms with Crippen LogP contribution < -0.4 is 0 Å². The summed E-state index contributed by atoms with van der Waals surface area (Å²) in [5, 5.41) is 0. The Balaban J connectivity index is 3.63. The summed E-state index contributed by atoms with van der Waals surface area (Å²) in [6.07, 6.45) is 3.84. The number of thioether (sulfide) groups is 2. The number of sulfone groups is 1. The van der Waals surface area contributed by atoms with Crippen molar-refractivity contribution in [2.24, 2.45) is 0 Å². The molecule has 0 radical (unpaired) electrons. The Labute approximate surface area is 77.4 Å². The Kier molecular flexibility index (Phi) is 6.56. The summed E-state index contributed by atoms with van der Waals surface area (Å²) in [6.45, 7) is 0. The Morgan fingerprint density at radius 1 is 1.00 bits per heavy atom. The monoisotopic (exact) mass is 214 g/mol. The second-order valence-corrected chi connectivity index (χ2v) is 6.41. The van der Waals surface area contributed by atoms with Gasteiger partial charge in [0.1, 0.15) is 0 Å². The fourth-order valence-electron chi connectivity index (χ4n) is 0.523. The van der Waals surface area contributed by atoms with Gasteiger partial charge in [-0.25, -0.2) is 8.42 Å². The van der Waals surface area contributed by atoms with E-state index in [0.717, 1.165) is 11.5 Å². The summed E-state index contributed by atoms with van der Waals surface area (Å²) < 4.78 is 22.2. The van der Waals surface area contributed by atoms with Crippen LogP contribution in [0.1, 0.15) is 0 Å². The number of hydrogen-bond acceptors (Lipinski definition) is 4. The molecular formula is C6H14O2S3. The minimum Gasteiger partial charge on any atom is -0.229 e. The number of rotatable bonds is 6. The fraction of sp³-hybridized carbons (Fsp3) is 1.00. The molecular weight excluding hydrogens is 200 g/mol. The summed E-state index contributed by atoms with van der Waals surface area (Å²) in [4.78, 5) is 0. The van der Waals surface area contributed by atoms with Crippen LogP contribution >= 0.6 is 23.5 Å². The van der Waals surface area contributed by atoms with Gasteiger partial charge in [-0.3, -0.25) is 0 Å². The zero-order valence-electron chi connectivity index (χ0n) is 6.87. The van der Waals surface area contributed by atoms with Crippen molar-refractivity contribution >= 4 is 33.4 Å². The van der Waals surface area contributed by atoms with E-state index in [2.05, 4.69) is 0 Å². The van der Waals surface area contributed by atoms with E-state index in [0.29, 0.717) is 11.5 Å². The molecule has 0 atom stereocenters. The van der Waals surface area contributed by atoms with Gasteiger partial charge in [-0.15, -0.1) is 0 Å². The summed E-state index contributed by atoms with van der Waals surface area (Å²) >= 11 is 3.15. The van der Waals surface area contributed by atoms with Crippen LogP contribution in [-0.4, -0.2) is 43.9 Å². The molecule has 11 heavy (non-hydrogen) atoms. The lowest BCUT2D eigenvalue weighted by molar-refractivity contribution is 0.599. The zero-order chi connectivity index (χ0) is 8.74. The van der Waals surface area contributed by atoms with E-state index in [9.17, 15) is 8.42 Å². The molecule has 0 N–H and O–H groups in total. The van der Waals surface area contributed by atoms with E-state index in [1.165, 1.54) is 0 Å². The highest BCUT2D eigenvalue weighted by Crippen LogP contribution is 2.00. The topological polar surface area (TPSA) is 34.1 Å². The van der Waals surface area contributed by atoms with Gasteiger partial charge < -0.3 is 0 Å². The van der Waals surface area contributed by atoms with Crippen LogP contribution in [0, 0.1) is 0 Å². The molecule has 0 amide bonds. The molecule has 0 aliphatic rings. The molecule has 0 fully saturated rings. The fourth-order valence-corrected chi connectivity index (χ4v) is 4.09. The summed E-state index contributed by atoms with van der Waals surface area (Å²) in [5.74, 6) is 2.09. The minimum absolute atomic E-state index is 0.328. The predicted molar refractivity (Wildman–Crippen MR) is 55.4 cm³/mol. The minimum atomic E-state index is -2.75. The first-order valence-electron chi connectivity index (χ1n) is 3.30. The SMILES string of the molecule is CSCCS(=O)(=O)CCSC. The van der Waals surface area contributed by atoms with Crippen molar-refractivity contribution < 1.29 is 8.42 Å². The standard InChI is InChI=1S/C6H14O2S3/c1-9-3-5-11(7,8)6-4-10-2/h3-6H2,1-2H3. The van der Waals surface area contributed by atoms with Gasteiger partial charge in [0.2, 0.25) is 0 Å². The van der Waals surface area contributed by atoms with Gasteiger partial charge in [-0.2, -0.15) is 23.5 Å². The van der Waals surface area contributed by atoms with E-state index < -0.39 is 9.84 Å². The van der Waals surface area contributed by atoms with E-state index >= 15 is 0 Å². The maximum absolute atomic E-state index is 11.1. The average Bonchev–Trinajstić information content (AvgIpc) is 1.97. The maximum atomic E-state index is 11.1. The highest BCUT2D eigenvalue weighted by molar-refractivity contribution is 8.01. The van der Waals surface area contributed by atoms with Gasteiger partial charge in [0.05, 0.1) is 11.5 Å². The molecule has 0 unspecified atom stereocenters. The van der Waals surface area contributed by atoms with Crippen molar-refractivity contribution in [1.29, 1.82) is 0 Å². The quantitative estimate of drug-likeness (QED) is 0.664. The summed E-state index contributed by atoms with van der Waals surface area (Å²) in [6, 6.07) is 0. The first kappa shape index (κ1) is 11.6. The maximum Gasteiger partial charge on any atom is 0.151 e. The molecule has 0 saturated heterocycles. The molecule has 0 spiro atoms. The van der Waals surface area contributed by atoms with Gasteiger partial charge >= 0.3 is 0 Å². The highest BCUT2D eigenvalue weighted by Gasteiger charge is 2.08. The van der Waals surface area contributed by atoms with Gasteiger partial charge in [0, 0.05) is 11.5 Å². The lowest BCUT2D eigenvalue weighted by Crippen LogP contribution is -2.14. The third-order valence-electron chi connectivity index (χ3n) is 1.20. The van der Waals surface area contributed by atoms with Gasteiger partial charge in [-0.1, -0.05) is 0 Å². The molecule has 0 rings (SSSR count). The Morgan fingerprint density at radius 2 is 1.36 bits per heavy atom. The van der Waals surface area contributed by atoms with E-state index in [-0.39, 0.29) is 0 Å². The molecule has 68 valence electrons. The molecule has 0 aliphatic carbocycles. The van der Waals surface area contributed by atoms with Crippen molar-refractivity contribution in [3.05, 3.63) is 0 Å². The molecule has 2 nitrogen and oxygen atoms in total. The average molecular weight is 214 g/mol. The van der Waals surface area contributed by atoms with Crippen LogP contribution in [-0.2, 0) is 9.84 Å². The smallest absolute Gasteiger partial charge is 0.151 e. The third kappa shape index (κ3) is 7.03. The lowest BCUT2D eigenvalue weighted by atomic mass is 10.9. The summed E-state index contributed by atoms with van der Waals surface area (Å²) in [5.41, 5.74) is 0. The second kappa shape index (κ2) is 6.20. The van der Waals surface area contributed by atoms with Crippen LogP contribution in [0.4, 0.5) is 0 Å². The third-order valence-corrected chi connectivity index (χ3v) is 4.59. The van der Waals surface area contributed by atoms with Gasteiger partial charge in [0.15, 0.2) is 9.84 Å². The van der Waals surface area contributed by atoms with Crippen molar-refractivity contribution in [2.45, 2.75) is 0 Å². The van der Waals surface area contributed by atoms with Crippen LogP contribution in [0.3, 0.4) is 0 Å². The molecule has 0 saturated carbocycles. The van der Waals surface area contributed by atoms with Crippen LogP contribution in [0.2, 0.25) is 0 Å². The molecule has 0 aromatic carbocycles. The van der Waals surface area contributed by atoms with Crippen molar-refractivity contribution in [1.82, 2.24) is 0 Å². The summed E-state index contributed by atoms with van der Waals surface area (Å²) in [7, 11) is -2.75. The zero-order valence-corrected chi connectivity index (χ0v) is 9.32. The Bertz CT molecular complexity index is 160. The number of hydrogen-bond donors (Lipinski definition) is 0. The van der Waals surface area contributed by atoms with Crippen molar-refractivity contribution in [3.63, 3.8) is 0 Å². The van der Waals surface area contributed by atoms with Crippen molar-refractivity contribution in [3.8, 4) is 0 Å². The first-order chi connectivity index (χ1) is 5.12.